The molecule has 0 aliphatic rings. The second kappa shape index (κ2) is 5.41. The lowest BCUT2D eigenvalue weighted by atomic mass is 9.86. The lowest BCUT2D eigenvalue weighted by molar-refractivity contribution is -0.125. The highest BCUT2D eigenvalue weighted by Gasteiger charge is 2.28. The molecule has 3 nitrogen and oxygen atoms in total. The Kier molecular flexibility index (Phi) is 4.56. The van der Waals surface area contributed by atoms with Gasteiger partial charge < -0.3 is 11.1 Å². The van der Waals surface area contributed by atoms with E-state index in [9.17, 15) is 4.79 Å². The zero-order chi connectivity index (χ0) is 14.1. The van der Waals surface area contributed by atoms with E-state index in [1.807, 2.05) is 27.7 Å². The summed E-state index contributed by atoms with van der Waals surface area (Å²) in [6.07, 6.45) is 0. The van der Waals surface area contributed by atoms with Crippen molar-refractivity contribution in [2.24, 2.45) is 11.1 Å². The third-order valence-corrected chi connectivity index (χ3v) is 4.10. The molecule has 4 heteroatoms. The number of carbonyl (C=O) groups is 1. The molecule has 0 aromatic carbocycles. The molecule has 1 heterocycles. The molecule has 0 fully saturated rings. The summed E-state index contributed by atoms with van der Waals surface area (Å²) < 4.78 is 0. The van der Waals surface area contributed by atoms with Crippen LogP contribution in [0.3, 0.4) is 0 Å². The maximum Gasteiger partial charge on any atom is 0.237 e. The number of hydrogen-bond donors (Lipinski definition) is 2. The van der Waals surface area contributed by atoms with Crippen molar-refractivity contribution in [3.05, 3.63) is 21.4 Å². The van der Waals surface area contributed by atoms with Crippen molar-refractivity contribution in [1.29, 1.82) is 0 Å². The van der Waals surface area contributed by atoms with Crippen LogP contribution in [0.25, 0.3) is 0 Å². The van der Waals surface area contributed by atoms with Crippen LogP contribution in [0.5, 0.6) is 0 Å². The highest BCUT2D eigenvalue weighted by molar-refractivity contribution is 7.12. The maximum absolute atomic E-state index is 12.1. The maximum atomic E-state index is 12.1. The van der Waals surface area contributed by atoms with Crippen molar-refractivity contribution in [3.8, 4) is 0 Å². The van der Waals surface area contributed by atoms with E-state index in [0.717, 1.165) is 0 Å². The van der Waals surface area contributed by atoms with Gasteiger partial charge in [-0.3, -0.25) is 4.79 Å². The Morgan fingerprint density at radius 1 is 1.39 bits per heavy atom. The van der Waals surface area contributed by atoms with Crippen LogP contribution in [-0.4, -0.2) is 11.9 Å². The zero-order valence-electron chi connectivity index (χ0n) is 12.1. The summed E-state index contributed by atoms with van der Waals surface area (Å²) in [5.74, 6) is -0.0850. The Morgan fingerprint density at radius 2 is 1.94 bits per heavy atom. The average Bonchev–Trinajstić information content (AvgIpc) is 2.55. The van der Waals surface area contributed by atoms with Crippen LogP contribution in [0.2, 0.25) is 0 Å². The van der Waals surface area contributed by atoms with E-state index in [1.54, 1.807) is 11.3 Å². The lowest BCUT2D eigenvalue weighted by Crippen LogP contribution is -2.49. The molecular weight excluding hydrogens is 244 g/mol. The average molecular weight is 268 g/mol. The number of aryl methyl sites for hydroxylation is 2. The Bertz CT molecular complexity index is 431. The van der Waals surface area contributed by atoms with Crippen molar-refractivity contribution in [1.82, 2.24) is 5.32 Å². The van der Waals surface area contributed by atoms with Gasteiger partial charge in [-0.25, -0.2) is 0 Å². The zero-order valence-corrected chi connectivity index (χ0v) is 12.9. The van der Waals surface area contributed by atoms with Crippen LogP contribution in [0.1, 0.15) is 49.1 Å². The second-order valence-corrected chi connectivity index (χ2v) is 7.40. The minimum atomic E-state index is -0.486. The number of nitrogens with one attached hydrogen (secondary N) is 1. The Morgan fingerprint density at radius 3 is 2.33 bits per heavy atom. The first-order valence-electron chi connectivity index (χ1n) is 6.26. The molecule has 102 valence electrons. The molecule has 2 unspecified atom stereocenters. The molecule has 1 amide bonds. The van der Waals surface area contributed by atoms with Gasteiger partial charge in [0.25, 0.3) is 0 Å². The van der Waals surface area contributed by atoms with E-state index in [4.69, 9.17) is 5.73 Å². The molecule has 1 rings (SSSR count). The summed E-state index contributed by atoms with van der Waals surface area (Å²) in [5.41, 5.74) is 6.92. The van der Waals surface area contributed by atoms with E-state index in [0.29, 0.717) is 0 Å². The van der Waals surface area contributed by atoms with Crippen molar-refractivity contribution < 1.29 is 4.79 Å². The molecule has 0 aliphatic heterocycles. The minimum absolute atomic E-state index is 0.0100. The molecule has 1 aromatic rings. The summed E-state index contributed by atoms with van der Waals surface area (Å²) >= 11 is 1.76. The first-order chi connectivity index (χ1) is 8.12. The Hall–Kier alpha value is -0.870. The van der Waals surface area contributed by atoms with Crippen molar-refractivity contribution in [2.45, 2.75) is 53.6 Å². The van der Waals surface area contributed by atoms with E-state index in [2.05, 4.69) is 25.2 Å². The molecule has 3 N–H and O–H groups in total. The number of amides is 1. The first-order valence-corrected chi connectivity index (χ1v) is 7.07. The molecule has 2 atom stereocenters. The fourth-order valence-corrected chi connectivity index (χ4v) is 2.88. The molecule has 18 heavy (non-hydrogen) atoms. The van der Waals surface area contributed by atoms with Gasteiger partial charge in [-0.05, 0) is 37.8 Å². The third-order valence-electron chi connectivity index (χ3n) is 3.12. The standard InChI is InChI=1S/C14H24N2OS/c1-8-7-11(10(3)18-8)9(2)16-13(17)12(15)14(4,5)6/h7,9,12H,15H2,1-6H3,(H,16,17). The molecule has 1 aromatic heterocycles. The van der Waals surface area contributed by atoms with Crippen LogP contribution in [0.4, 0.5) is 0 Å². The Balaban J connectivity index is 2.74. The first kappa shape index (κ1) is 15.2. The highest BCUT2D eigenvalue weighted by atomic mass is 32.1. The highest BCUT2D eigenvalue weighted by Crippen LogP contribution is 2.26. The summed E-state index contributed by atoms with van der Waals surface area (Å²) in [6, 6.07) is 1.66. The molecule has 0 saturated heterocycles. The second-order valence-electron chi connectivity index (χ2n) is 5.94. The number of nitrogens with two attached hydrogens (primary N) is 1. The van der Waals surface area contributed by atoms with Gasteiger partial charge in [0, 0.05) is 9.75 Å². The molecule has 0 bridgehead atoms. The predicted molar refractivity (Wildman–Crippen MR) is 77.8 cm³/mol. The summed E-state index contributed by atoms with van der Waals surface area (Å²) in [5, 5.41) is 3.00. The van der Waals surface area contributed by atoms with Crippen molar-refractivity contribution in [2.75, 3.05) is 0 Å². The van der Waals surface area contributed by atoms with Gasteiger partial charge in [-0.1, -0.05) is 20.8 Å². The smallest absolute Gasteiger partial charge is 0.237 e. The van der Waals surface area contributed by atoms with Gasteiger partial charge in [0.05, 0.1) is 12.1 Å². The van der Waals surface area contributed by atoms with E-state index in [-0.39, 0.29) is 17.4 Å². The SMILES string of the molecule is Cc1cc(C(C)NC(=O)C(N)C(C)(C)C)c(C)s1. The van der Waals surface area contributed by atoms with E-state index >= 15 is 0 Å². The number of thiophene rings is 1. The van der Waals surface area contributed by atoms with Crippen molar-refractivity contribution >= 4 is 17.2 Å². The predicted octanol–water partition coefficient (Wildman–Crippen LogP) is 2.92. The van der Waals surface area contributed by atoms with Gasteiger partial charge >= 0.3 is 0 Å². The molecule has 0 aliphatic carbocycles. The minimum Gasteiger partial charge on any atom is -0.348 e. The molecule has 0 saturated carbocycles. The largest absolute Gasteiger partial charge is 0.348 e. The summed E-state index contributed by atoms with van der Waals surface area (Å²) in [7, 11) is 0. The van der Waals surface area contributed by atoms with Gasteiger partial charge in [0.1, 0.15) is 0 Å². The van der Waals surface area contributed by atoms with E-state index in [1.165, 1.54) is 15.3 Å². The van der Waals surface area contributed by atoms with Crippen LogP contribution in [0, 0.1) is 19.3 Å². The monoisotopic (exact) mass is 268 g/mol. The summed E-state index contributed by atoms with van der Waals surface area (Å²) in [4.78, 5) is 14.6. The number of rotatable bonds is 3. The number of carbonyl (C=O) groups excluding carboxylic acids is 1. The fourth-order valence-electron chi connectivity index (χ4n) is 1.85. The van der Waals surface area contributed by atoms with Crippen molar-refractivity contribution in [3.63, 3.8) is 0 Å². The fraction of sp³-hybridized carbons (Fsp3) is 0.643. The van der Waals surface area contributed by atoms with Gasteiger partial charge in [-0.2, -0.15) is 0 Å². The molecule has 0 spiro atoms. The lowest BCUT2D eigenvalue weighted by Gasteiger charge is -2.27. The van der Waals surface area contributed by atoms with Crippen LogP contribution >= 0.6 is 11.3 Å². The van der Waals surface area contributed by atoms with Crippen LogP contribution < -0.4 is 11.1 Å². The quantitative estimate of drug-likeness (QED) is 0.885. The topological polar surface area (TPSA) is 55.1 Å². The number of hydrogen-bond acceptors (Lipinski definition) is 3. The van der Waals surface area contributed by atoms with Gasteiger partial charge in [-0.15, -0.1) is 11.3 Å². The summed E-state index contributed by atoms with van der Waals surface area (Å²) in [6.45, 7) is 12.1. The molecular formula is C14H24N2OS. The Labute approximate surface area is 114 Å². The van der Waals surface area contributed by atoms with Gasteiger partial charge in [0.15, 0.2) is 0 Å². The van der Waals surface area contributed by atoms with Crippen LogP contribution in [-0.2, 0) is 4.79 Å². The normalized spacial score (nSPS) is 15.3. The molecule has 0 radical (unpaired) electrons. The third kappa shape index (κ3) is 3.56. The van der Waals surface area contributed by atoms with Gasteiger partial charge in [0.2, 0.25) is 5.91 Å². The van der Waals surface area contributed by atoms with E-state index < -0.39 is 6.04 Å². The van der Waals surface area contributed by atoms with Crippen LogP contribution in [0.15, 0.2) is 6.07 Å².